The predicted molar refractivity (Wildman–Crippen MR) is 113 cm³/mol. The average molecular weight is 448 g/mol. The predicted octanol–water partition coefficient (Wildman–Crippen LogP) is 4.93. The van der Waals surface area contributed by atoms with Gasteiger partial charge in [0.15, 0.2) is 0 Å². The zero-order chi connectivity index (χ0) is 20.4. The fourth-order valence-corrected chi connectivity index (χ4v) is 3.17. The van der Waals surface area contributed by atoms with Crippen LogP contribution in [0.3, 0.4) is 0 Å². The van der Waals surface area contributed by atoms with Gasteiger partial charge in [0.1, 0.15) is 12.0 Å². The molecule has 0 atom stereocenters. The van der Waals surface area contributed by atoms with Gasteiger partial charge in [0.05, 0.1) is 22.3 Å². The van der Waals surface area contributed by atoms with Crippen LogP contribution in [0.4, 0.5) is 5.95 Å². The van der Waals surface area contributed by atoms with Crippen LogP contribution in [0.2, 0.25) is 15.1 Å². The second kappa shape index (κ2) is 8.24. The van der Waals surface area contributed by atoms with Gasteiger partial charge in [-0.2, -0.15) is 5.10 Å². The van der Waals surface area contributed by atoms with Gasteiger partial charge in [-0.25, -0.2) is 9.67 Å². The van der Waals surface area contributed by atoms with E-state index < -0.39 is 5.91 Å². The van der Waals surface area contributed by atoms with E-state index in [1.165, 1.54) is 6.33 Å². The molecule has 0 aliphatic carbocycles. The first-order chi connectivity index (χ1) is 14.0. The summed E-state index contributed by atoms with van der Waals surface area (Å²) in [7, 11) is 0. The molecule has 2 heterocycles. The minimum absolute atomic E-state index is 0.183. The third kappa shape index (κ3) is 4.59. The van der Waals surface area contributed by atoms with E-state index in [2.05, 4.69) is 25.6 Å². The standard InChI is InChI=1S/C19H13Cl3N6O/c20-13-3-1-2-11(6-13)9-28-10-23-19(27-28)24-18(29)17-8-16(25-26-17)12-4-5-14(21)15(22)7-12/h1-8,10H,9H2,(H,25,26)(H,24,27,29). The number of nitrogens with zero attached hydrogens (tertiary/aromatic N) is 4. The summed E-state index contributed by atoms with van der Waals surface area (Å²) >= 11 is 18.0. The summed E-state index contributed by atoms with van der Waals surface area (Å²) in [5.74, 6) is -0.230. The highest BCUT2D eigenvalue weighted by Gasteiger charge is 2.14. The summed E-state index contributed by atoms with van der Waals surface area (Å²) in [6, 6.07) is 14.2. The minimum Gasteiger partial charge on any atom is -0.288 e. The molecule has 1 amide bonds. The minimum atomic E-state index is -0.413. The van der Waals surface area contributed by atoms with Crippen molar-refractivity contribution in [3.63, 3.8) is 0 Å². The Labute approximate surface area is 180 Å². The molecule has 2 aromatic heterocycles. The number of aromatic amines is 1. The molecule has 146 valence electrons. The number of aromatic nitrogens is 5. The smallest absolute Gasteiger partial charge is 0.276 e. The van der Waals surface area contributed by atoms with Crippen molar-refractivity contribution in [3.8, 4) is 11.3 Å². The first-order valence-corrected chi connectivity index (χ1v) is 9.57. The molecule has 4 rings (SSSR count). The van der Waals surface area contributed by atoms with Crippen LogP contribution in [0.25, 0.3) is 11.3 Å². The Morgan fingerprint density at radius 1 is 1.07 bits per heavy atom. The molecular formula is C19H13Cl3N6O. The molecule has 0 saturated heterocycles. The van der Waals surface area contributed by atoms with Crippen LogP contribution in [0, 0.1) is 0 Å². The Bertz CT molecular complexity index is 1190. The van der Waals surface area contributed by atoms with Crippen LogP contribution in [0.1, 0.15) is 16.1 Å². The summed E-state index contributed by atoms with van der Waals surface area (Å²) in [6.45, 7) is 0.481. The van der Waals surface area contributed by atoms with Gasteiger partial charge in [-0.15, -0.1) is 5.10 Å². The number of halogens is 3. The van der Waals surface area contributed by atoms with Crippen LogP contribution in [0.15, 0.2) is 54.9 Å². The Hall–Kier alpha value is -2.87. The van der Waals surface area contributed by atoms with E-state index in [4.69, 9.17) is 34.8 Å². The number of hydrogen-bond acceptors (Lipinski definition) is 4. The van der Waals surface area contributed by atoms with Crippen molar-refractivity contribution >= 4 is 46.7 Å². The number of carbonyl (C=O) groups is 1. The number of carbonyl (C=O) groups excluding carboxylic acids is 1. The maximum Gasteiger partial charge on any atom is 0.276 e. The number of rotatable bonds is 5. The fraction of sp³-hybridized carbons (Fsp3) is 0.0526. The SMILES string of the molecule is O=C(Nc1ncn(Cc2cccc(Cl)c2)n1)c1cc(-c2ccc(Cl)c(Cl)c2)n[nH]1. The molecule has 0 bridgehead atoms. The number of nitrogens with one attached hydrogen (secondary N) is 2. The highest BCUT2D eigenvalue weighted by molar-refractivity contribution is 6.42. The van der Waals surface area contributed by atoms with E-state index in [-0.39, 0.29) is 11.6 Å². The van der Waals surface area contributed by atoms with E-state index in [1.54, 1.807) is 35.0 Å². The largest absolute Gasteiger partial charge is 0.288 e. The number of amides is 1. The molecule has 10 heteroatoms. The Kier molecular flexibility index (Phi) is 5.53. The van der Waals surface area contributed by atoms with Gasteiger partial charge in [-0.3, -0.25) is 15.2 Å². The van der Waals surface area contributed by atoms with Crippen molar-refractivity contribution in [2.45, 2.75) is 6.54 Å². The zero-order valence-corrected chi connectivity index (χ0v) is 17.0. The number of hydrogen-bond donors (Lipinski definition) is 2. The summed E-state index contributed by atoms with van der Waals surface area (Å²) in [5, 5.41) is 15.2. The highest BCUT2D eigenvalue weighted by Crippen LogP contribution is 2.27. The maximum atomic E-state index is 12.5. The lowest BCUT2D eigenvalue weighted by molar-refractivity contribution is 0.102. The molecule has 0 aliphatic heterocycles. The fourth-order valence-electron chi connectivity index (χ4n) is 2.66. The van der Waals surface area contributed by atoms with Crippen molar-refractivity contribution < 1.29 is 4.79 Å². The van der Waals surface area contributed by atoms with Gasteiger partial charge < -0.3 is 0 Å². The molecule has 2 aromatic carbocycles. The van der Waals surface area contributed by atoms with Gasteiger partial charge in [0.25, 0.3) is 5.91 Å². The van der Waals surface area contributed by atoms with E-state index >= 15 is 0 Å². The lowest BCUT2D eigenvalue weighted by Gasteiger charge is -2.01. The monoisotopic (exact) mass is 446 g/mol. The number of H-pyrrole nitrogens is 1. The Morgan fingerprint density at radius 3 is 2.72 bits per heavy atom. The maximum absolute atomic E-state index is 12.5. The van der Waals surface area contributed by atoms with Crippen molar-refractivity contribution in [1.29, 1.82) is 0 Å². The van der Waals surface area contributed by atoms with Crippen LogP contribution in [-0.4, -0.2) is 30.9 Å². The van der Waals surface area contributed by atoms with Gasteiger partial charge in [-0.1, -0.05) is 53.0 Å². The first kappa shape index (κ1) is 19.4. The van der Waals surface area contributed by atoms with E-state index in [0.717, 1.165) is 11.1 Å². The highest BCUT2D eigenvalue weighted by atomic mass is 35.5. The molecule has 0 aliphatic rings. The molecule has 7 nitrogen and oxygen atoms in total. The zero-order valence-electron chi connectivity index (χ0n) is 14.7. The molecule has 0 saturated carbocycles. The third-order valence-electron chi connectivity index (χ3n) is 4.03. The van der Waals surface area contributed by atoms with E-state index in [1.807, 2.05) is 18.2 Å². The number of anilines is 1. The number of benzene rings is 2. The molecular weight excluding hydrogens is 435 g/mol. The van der Waals surface area contributed by atoms with Crippen LogP contribution >= 0.6 is 34.8 Å². The van der Waals surface area contributed by atoms with Crippen molar-refractivity contribution in [1.82, 2.24) is 25.0 Å². The average Bonchev–Trinajstić information content (AvgIpc) is 3.34. The lowest BCUT2D eigenvalue weighted by atomic mass is 10.1. The molecule has 0 spiro atoms. The molecule has 0 unspecified atom stereocenters. The van der Waals surface area contributed by atoms with Crippen LogP contribution in [-0.2, 0) is 6.54 Å². The quantitative estimate of drug-likeness (QED) is 0.454. The molecule has 4 aromatic rings. The van der Waals surface area contributed by atoms with Crippen molar-refractivity contribution in [3.05, 3.63) is 81.2 Å². The van der Waals surface area contributed by atoms with Gasteiger partial charge in [0, 0.05) is 10.6 Å². The second-order valence-corrected chi connectivity index (χ2v) is 7.40. The van der Waals surface area contributed by atoms with Crippen LogP contribution < -0.4 is 5.32 Å². The summed E-state index contributed by atoms with van der Waals surface area (Å²) in [4.78, 5) is 16.6. The normalized spacial score (nSPS) is 10.9. The molecule has 0 fully saturated rings. The molecule has 29 heavy (non-hydrogen) atoms. The summed E-state index contributed by atoms with van der Waals surface area (Å²) in [5.41, 5.74) is 2.53. The topological polar surface area (TPSA) is 88.5 Å². The van der Waals surface area contributed by atoms with E-state index in [9.17, 15) is 4.79 Å². The van der Waals surface area contributed by atoms with Crippen molar-refractivity contribution in [2.75, 3.05) is 5.32 Å². The van der Waals surface area contributed by atoms with E-state index in [0.29, 0.717) is 27.3 Å². The lowest BCUT2D eigenvalue weighted by Crippen LogP contribution is -2.14. The van der Waals surface area contributed by atoms with Gasteiger partial charge in [0.2, 0.25) is 5.95 Å². The molecule has 2 N–H and O–H groups in total. The Morgan fingerprint density at radius 2 is 1.93 bits per heavy atom. The third-order valence-corrected chi connectivity index (χ3v) is 5.01. The first-order valence-electron chi connectivity index (χ1n) is 8.44. The van der Waals surface area contributed by atoms with Gasteiger partial charge >= 0.3 is 0 Å². The summed E-state index contributed by atoms with van der Waals surface area (Å²) in [6.07, 6.45) is 1.53. The van der Waals surface area contributed by atoms with Crippen LogP contribution in [0.5, 0.6) is 0 Å². The Balaban J connectivity index is 1.44. The van der Waals surface area contributed by atoms with Crippen molar-refractivity contribution in [2.24, 2.45) is 0 Å². The van der Waals surface area contributed by atoms with Gasteiger partial charge in [-0.05, 0) is 35.9 Å². The summed E-state index contributed by atoms with van der Waals surface area (Å²) < 4.78 is 1.61. The second-order valence-electron chi connectivity index (χ2n) is 6.15. The molecule has 0 radical (unpaired) electrons.